The van der Waals surface area contributed by atoms with E-state index >= 15 is 0 Å². The van der Waals surface area contributed by atoms with Gasteiger partial charge in [-0.15, -0.1) is 4.73 Å². The van der Waals surface area contributed by atoms with E-state index in [4.69, 9.17) is 22.5 Å². The largest absolute Gasteiger partial charge is 0.422 e. The van der Waals surface area contributed by atoms with E-state index in [1.165, 1.54) is 0 Å². The molecule has 0 spiro atoms. The molecule has 0 aliphatic carbocycles. The lowest BCUT2D eigenvalue weighted by molar-refractivity contribution is 0.178. The van der Waals surface area contributed by atoms with E-state index in [9.17, 15) is 4.79 Å². The van der Waals surface area contributed by atoms with Crippen molar-refractivity contribution in [2.45, 2.75) is 0 Å². The summed E-state index contributed by atoms with van der Waals surface area (Å²) in [6.45, 7) is 0. The molecule has 0 saturated heterocycles. The highest BCUT2D eigenvalue weighted by Gasteiger charge is 2.00. The highest BCUT2D eigenvalue weighted by Crippen LogP contribution is 2.00. The van der Waals surface area contributed by atoms with Crippen molar-refractivity contribution in [3.8, 4) is 0 Å². The Morgan fingerprint density at radius 2 is 2.40 bits per heavy atom. The Morgan fingerprint density at radius 1 is 1.80 bits per heavy atom. The van der Waals surface area contributed by atoms with Crippen LogP contribution in [0.5, 0.6) is 0 Å². The Labute approximate surface area is 60.6 Å². The molecule has 10 heavy (non-hydrogen) atoms. The maximum absolute atomic E-state index is 10.6. The molecule has 0 aliphatic heterocycles. The smallest absolute Gasteiger partial charge is 0.289 e. The minimum atomic E-state index is -0.697. The topological polar surface area (TPSA) is 81.1 Å². The third-order valence-corrected chi connectivity index (χ3v) is 1.08. The van der Waals surface area contributed by atoms with Gasteiger partial charge in [-0.3, -0.25) is 4.79 Å². The summed E-state index contributed by atoms with van der Waals surface area (Å²) in [5.41, 5.74) is 4.34. The fraction of sp³-hybridized carbons (Fsp3) is 0. The number of nitrogens with zero attached hydrogens (tertiary/aromatic N) is 2. The molecule has 5 nitrogen and oxygen atoms in total. The van der Waals surface area contributed by atoms with Gasteiger partial charge >= 0.3 is 0 Å². The van der Waals surface area contributed by atoms with Gasteiger partial charge in [-0.1, -0.05) is 11.6 Å². The average Bonchev–Trinajstić information content (AvgIpc) is 1.82. The van der Waals surface area contributed by atoms with Gasteiger partial charge < -0.3 is 10.9 Å². The Morgan fingerprint density at radius 3 is 2.90 bits per heavy atom. The van der Waals surface area contributed by atoms with Gasteiger partial charge in [0.2, 0.25) is 5.95 Å². The number of hydrogen-bond donors (Lipinski definition) is 2. The molecule has 0 aliphatic rings. The number of rotatable bonds is 0. The summed E-state index contributed by atoms with van der Waals surface area (Å²) in [7, 11) is 0. The van der Waals surface area contributed by atoms with Crippen LogP contribution < -0.4 is 11.3 Å². The van der Waals surface area contributed by atoms with E-state index in [-0.39, 0.29) is 15.8 Å². The normalized spacial score (nSPS) is 9.70. The highest BCUT2D eigenvalue weighted by atomic mass is 35.5. The second-order valence-corrected chi connectivity index (χ2v) is 1.97. The van der Waals surface area contributed by atoms with Crippen LogP contribution in [0.1, 0.15) is 0 Å². The zero-order valence-electron chi connectivity index (χ0n) is 4.78. The van der Waals surface area contributed by atoms with Crippen LogP contribution in [-0.2, 0) is 0 Å². The standard InChI is InChI=1S/C4H4ClN3O2/c5-2-1-3(9)8(10)4(6)7-2/h1,10H,(H2,6,7). The molecule has 6 heteroatoms. The zero-order valence-corrected chi connectivity index (χ0v) is 5.54. The molecule has 0 saturated carbocycles. The number of hydrogen-bond acceptors (Lipinski definition) is 4. The molecule has 0 aromatic carbocycles. The first kappa shape index (κ1) is 6.88. The Kier molecular flexibility index (Phi) is 1.50. The van der Waals surface area contributed by atoms with E-state index in [0.29, 0.717) is 0 Å². The molecule has 0 amide bonds. The lowest BCUT2D eigenvalue weighted by Gasteiger charge is -1.97. The second kappa shape index (κ2) is 2.18. The van der Waals surface area contributed by atoms with Crippen molar-refractivity contribution in [3.05, 3.63) is 21.6 Å². The van der Waals surface area contributed by atoms with E-state index in [2.05, 4.69) is 4.98 Å². The van der Waals surface area contributed by atoms with E-state index in [1.54, 1.807) is 0 Å². The molecular formula is C4H4ClN3O2. The zero-order chi connectivity index (χ0) is 7.72. The van der Waals surface area contributed by atoms with Gasteiger partial charge in [0.1, 0.15) is 5.15 Å². The van der Waals surface area contributed by atoms with Crippen LogP contribution in [0.15, 0.2) is 10.9 Å². The van der Waals surface area contributed by atoms with Crippen molar-refractivity contribution >= 4 is 17.5 Å². The van der Waals surface area contributed by atoms with Gasteiger partial charge in [-0.25, -0.2) is 4.98 Å². The van der Waals surface area contributed by atoms with E-state index < -0.39 is 5.56 Å². The van der Waals surface area contributed by atoms with E-state index in [1.807, 2.05) is 0 Å². The lowest BCUT2D eigenvalue weighted by atomic mass is 10.6. The first-order valence-corrected chi connectivity index (χ1v) is 2.73. The minimum absolute atomic E-state index is 0.0344. The lowest BCUT2D eigenvalue weighted by Crippen LogP contribution is -2.20. The van der Waals surface area contributed by atoms with Crippen LogP contribution in [0.3, 0.4) is 0 Å². The monoisotopic (exact) mass is 161 g/mol. The predicted octanol–water partition coefficient (Wildman–Crippen LogP) is -0.284. The van der Waals surface area contributed by atoms with Gasteiger partial charge in [0.05, 0.1) is 0 Å². The summed E-state index contributed by atoms with van der Waals surface area (Å²) >= 11 is 5.31. The van der Waals surface area contributed by atoms with Crippen LogP contribution in [-0.4, -0.2) is 14.9 Å². The first-order chi connectivity index (χ1) is 4.61. The van der Waals surface area contributed by atoms with Gasteiger partial charge in [0, 0.05) is 6.07 Å². The summed E-state index contributed by atoms with van der Waals surface area (Å²) in [4.78, 5) is 14.0. The van der Waals surface area contributed by atoms with Gasteiger partial charge in [-0.05, 0) is 0 Å². The summed E-state index contributed by atoms with van der Waals surface area (Å²) in [6, 6.07) is 0.956. The molecule has 0 atom stereocenters. The number of halogens is 1. The summed E-state index contributed by atoms with van der Waals surface area (Å²) in [5, 5.41) is 8.65. The Balaban J connectivity index is 3.46. The maximum atomic E-state index is 10.6. The van der Waals surface area contributed by atoms with Crippen molar-refractivity contribution in [3.63, 3.8) is 0 Å². The molecule has 0 bridgehead atoms. The summed E-state index contributed by atoms with van der Waals surface area (Å²) in [5.74, 6) is -0.322. The SMILES string of the molecule is Nc1nc(Cl)cc(=O)n1O. The van der Waals surface area contributed by atoms with Crippen molar-refractivity contribution in [1.82, 2.24) is 9.71 Å². The molecule has 1 aromatic heterocycles. The number of nitrogen functional groups attached to an aromatic ring is 1. The third-order valence-electron chi connectivity index (χ3n) is 0.890. The van der Waals surface area contributed by atoms with Gasteiger partial charge in [0.15, 0.2) is 0 Å². The van der Waals surface area contributed by atoms with Crippen LogP contribution in [0.2, 0.25) is 5.15 Å². The minimum Gasteiger partial charge on any atom is -0.422 e. The summed E-state index contributed by atoms with van der Waals surface area (Å²) < 4.78 is 0.214. The maximum Gasteiger partial charge on any atom is 0.289 e. The molecular weight excluding hydrogens is 158 g/mol. The molecule has 0 radical (unpaired) electrons. The molecule has 0 fully saturated rings. The number of nitrogens with two attached hydrogens (primary N) is 1. The Hall–Kier alpha value is -1.23. The van der Waals surface area contributed by atoms with Crippen LogP contribution in [0.25, 0.3) is 0 Å². The molecule has 0 unspecified atom stereocenters. The van der Waals surface area contributed by atoms with E-state index in [0.717, 1.165) is 6.07 Å². The fourth-order valence-electron chi connectivity index (χ4n) is 0.465. The van der Waals surface area contributed by atoms with Crippen LogP contribution >= 0.6 is 11.6 Å². The van der Waals surface area contributed by atoms with Crippen molar-refractivity contribution < 1.29 is 5.21 Å². The molecule has 1 aromatic rings. The number of aromatic nitrogens is 2. The molecule has 3 N–H and O–H groups in total. The van der Waals surface area contributed by atoms with Crippen molar-refractivity contribution in [2.24, 2.45) is 0 Å². The van der Waals surface area contributed by atoms with Crippen LogP contribution in [0.4, 0.5) is 5.95 Å². The van der Waals surface area contributed by atoms with Crippen molar-refractivity contribution in [1.29, 1.82) is 0 Å². The average molecular weight is 162 g/mol. The molecule has 1 heterocycles. The fourth-order valence-corrected chi connectivity index (χ4v) is 0.645. The Bertz CT molecular complexity index is 308. The highest BCUT2D eigenvalue weighted by molar-refractivity contribution is 6.29. The molecule has 1 rings (SSSR count). The number of anilines is 1. The van der Waals surface area contributed by atoms with Crippen LogP contribution in [0, 0.1) is 0 Å². The quantitative estimate of drug-likeness (QED) is 0.405. The first-order valence-electron chi connectivity index (χ1n) is 2.35. The second-order valence-electron chi connectivity index (χ2n) is 1.59. The van der Waals surface area contributed by atoms with Gasteiger partial charge in [0.25, 0.3) is 5.56 Å². The summed E-state index contributed by atoms with van der Waals surface area (Å²) in [6.07, 6.45) is 0. The predicted molar refractivity (Wildman–Crippen MR) is 35.1 cm³/mol. The third kappa shape index (κ3) is 1.03. The molecule has 54 valence electrons. The van der Waals surface area contributed by atoms with Crippen molar-refractivity contribution in [2.75, 3.05) is 5.73 Å². The van der Waals surface area contributed by atoms with Gasteiger partial charge in [-0.2, -0.15) is 0 Å².